The SMILES string of the molecule is CN1CCC(N(C)C(=O)C2(c3ccc(F)cc3)CC2)CC1. The molecule has 1 saturated heterocycles. The lowest BCUT2D eigenvalue weighted by Crippen LogP contribution is -2.47. The van der Waals surface area contributed by atoms with E-state index in [2.05, 4.69) is 11.9 Å². The van der Waals surface area contributed by atoms with E-state index in [1.165, 1.54) is 12.1 Å². The van der Waals surface area contributed by atoms with E-state index >= 15 is 0 Å². The minimum atomic E-state index is -0.383. The number of likely N-dealkylation sites (N-methyl/N-ethyl adjacent to an activating group) is 1. The predicted molar refractivity (Wildman–Crippen MR) is 80.6 cm³/mol. The number of carbonyl (C=O) groups excluding carboxylic acids is 1. The second-order valence-electron chi connectivity index (χ2n) is 6.54. The van der Waals surface area contributed by atoms with Gasteiger partial charge in [0, 0.05) is 13.1 Å². The van der Waals surface area contributed by atoms with Crippen molar-refractivity contribution in [3.8, 4) is 0 Å². The van der Waals surface area contributed by atoms with Crippen LogP contribution in [0.25, 0.3) is 0 Å². The molecule has 0 N–H and O–H groups in total. The summed E-state index contributed by atoms with van der Waals surface area (Å²) in [7, 11) is 4.06. The first-order valence-corrected chi connectivity index (χ1v) is 7.75. The van der Waals surface area contributed by atoms with Crippen molar-refractivity contribution in [2.45, 2.75) is 37.1 Å². The molecule has 3 nitrogen and oxygen atoms in total. The van der Waals surface area contributed by atoms with Crippen LogP contribution in [0.1, 0.15) is 31.2 Å². The molecule has 1 aromatic rings. The van der Waals surface area contributed by atoms with Crippen molar-refractivity contribution in [3.05, 3.63) is 35.6 Å². The summed E-state index contributed by atoms with van der Waals surface area (Å²) >= 11 is 0. The molecular weight excluding hydrogens is 267 g/mol. The average molecular weight is 290 g/mol. The Kier molecular flexibility index (Phi) is 3.74. The number of piperidine rings is 1. The Morgan fingerprint density at radius 1 is 1.24 bits per heavy atom. The highest BCUT2D eigenvalue weighted by atomic mass is 19.1. The first-order valence-electron chi connectivity index (χ1n) is 7.75. The maximum atomic E-state index is 13.1. The van der Waals surface area contributed by atoms with Crippen LogP contribution in [0.15, 0.2) is 24.3 Å². The van der Waals surface area contributed by atoms with Gasteiger partial charge in [0.1, 0.15) is 5.82 Å². The highest BCUT2D eigenvalue weighted by Gasteiger charge is 2.53. The fraction of sp³-hybridized carbons (Fsp3) is 0.588. The van der Waals surface area contributed by atoms with Gasteiger partial charge in [-0.15, -0.1) is 0 Å². The van der Waals surface area contributed by atoms with Gasteiger partial charge in [-0.25, -0.2) is 4.39 Å². The van der Waals surface area contributed by atoms with Crippen LogP contribution in [0.5, 0.6) is 0 Å². The van der Waals surface area contributed by atoms with Gasteiger partial charge in [-0.3, -0.25) is 4.79 Å². The second kappa shape index (κ2) is 5.41. The summed E-state index contributed by atoms with van der Waals surface area (Å²) in [6.07, 6.45) is 3.85. The number of rotatable bonds is 3. The zero-order chi connectivity index (χ0) is 15.0. The summed E-state index contributed by atoms with van der Waals surface area (Å²) in [5, 5.41) is 0. The number of nitrogens with zero attached hydrogens (tertiary/aromatic N) is 2. The fourth-order valence-corrected chi connectivity index (χ4v) is 3.41. The molecule has 114 valence electrons. The van der Waals surface area contributed by atoms with E-state index in [0.717, 1.165) is 44.3 Å². The Morgan fingerprint density at radius 2 is 1.81 bits per heavy atom. The Hall–Kier alpha value is -1.42. The zero-order valence-corrected chi connectivity index (χ0v) is 12.8. The van der Waals surface area contributed by atoms with Gasteiger partial charge in [0.15, 0.2) is 0 Å². The number of likely N-dealkylation sites (tertiary alicyclic amines) is 1. The quantitative estimate of drug-likeness (QED) is 0.853. The average Bonchev–Trinajstić information content (AvgIpc) is 3.29. The minimum absolute atomic E-state index is 0.212. The summed E-state index contributed by atoms with van der Waals surface area (Å²) in [6.45, 7) is 2.09. The van der Waals surface area contributed by atoms with Crippen LogP contribution in [0.2, 0.25) is 0 Å². The van der Waals surface area contributed by atoms with Gasteiger partial charge in [0.05, 0.1) is 5.41 Å². The van der Waals surface area contributed by atoms with Crippen LogP contribution in [0.3, 0.4) is 0 Å². The fourth-order valence-electron chi connectivity index (χ4n) is 3.41. The third-order valence-electron chi connectivity index (χ3n) is 5.11. The molecule has 0 aromatic heterocycles. The molecule has 1 aromatic carbocycles. The van der Waals surface area contributed by atoms with E-state index in [4.69, 9.17) is 0 Å². The Morgan fingerprint density at radius 3 is 2.33 bits per heavy atom. The normalized spacial score (nSPS) is 22.0. The molecule has 1 aliphatic carbocycles. The summed E-state index contributed by atoms with van der Waals surface area (Å²) in [6, 6.07) is 6.79. The molecule has 1 amide bonds. The number of benzene rings is 1. The summed E-state index contributed by atoms with van der Waals surface area (Å²) < 4.78 is 13.1. The largest absolute Gasteiger partial charge is 0.342 e. The number of amides is 1. The summed E-state index contributed by atoms with van der Waals surface area (Å²) in [5.74, 6) is -0.0330. The van der Waals surface area contributed by atoms with E-state index in [1.807, 2.05) is 11.9 Å². The molecule has 1 saturated carbocycles. The van der Waals surface area contributed by atoms with E-state index in [1.54, 1.807) is 12.1 Å². The van der Waals surface area contributed by atoms with E-state index in [9.17, 15) is 9.18 Å². The van der Waals surface area contributed by atoms with Crippen molar-refractivity contribution in [1.82, 2.24) is 9.80 Å². The molecule has 0 radical (unpaired) electrons. The molecule has 4 heteroatoms. The predicted octanol–water partition coefficient (Wildman–Crippen LogP) is 2.41. The van der Waals surface area contributed by atoms with E-state index < -0.39 is 0 Å². The summed E-state index contributed by atoms with van der Waals surface area (Å²) in [4.78, 5) is 17.2. The highest BCUT2D eigenvalue weighted by Crippen LogP contribution is 2.49. The number of hydrogen-bond acceptors (Lipinski definition) is 2. The maximum absolute atomic E-state index is 13.1. The number of carbonyl (C=O) groups is 1. The van der Waals surface area contributed by atoms with Gasteiger partial charge in [-0.1, -0.05) is 12.1 Å². The second-order valence-corrected chi connectivity index (χ2v) is 6.54. The van der Waals surface area contributed by atoms with Crippen LogP contribution < -0.4 is 0 Å². The molecule has 2 fully saturated rings. The van der Waals surface area contributed by atoms with Gasteiger partial charge < -0.3 is 9.80 Å². The lowest BCUT2D eigenvalue weighted by atomic mass is 9.92. The van der Waals surface area contributed by atoms with Crippen molar-refractivity contribution in [1.29, 1.82) is 0 Å². The molecular formula is C17H23FN2O. The van der Waals surface area contributed by atoms with Crippen LogP contribution in [-0.4, -0.2) is 48.9 Å². The van der Waals surface area contributed by atoms with Gasteiger partial charge in [0.25, 0.3) is 0 Å². The monoisotopic (exact) mass is 290 g/mol. The Bertz CT molecular complexity index is 516. The van der Waals surface area contributed by atoms with Crippen LogP contribution >= 0.6 is 0 Å². The van der Waals surface area contributed by atoms with E-state index in [-0.39, 0.29) is 17.1 Å². The van der Waals surface area contributed by atoms with E-state index in [0.29, 0.717) is 6.04 Å². The highest BCUT2D eigenvalue weighted by molar-refractivity contribution is 5.91. The lowest BCUT2D eigenvalue weighted by Gasteiger charge is -2.37. The molecule has 0 unspecified atom stereocenters. The first kappa shape index (κ1) is 14.5. The minimum Gasteiger partial charge on any atom is -0.342 e. The van der Waals surface area contributed by atoms with Crippen LogP contribution in [-0.2, 0) is 10.2 Å². The molecule has 0 atom stereocenters. The van der Waals surface area contributed by atoms with Gasteiger partial charge in [0.2, 0.25) is 5.91 Å². The standard InChI is InChI=1S/C17H23FN2O/c1-19-11-7-15(8-12-19)20(2)16(21)17(9-10-17)13-3-5-14(18)6-4-13/h3-6,15H,7-12H2,1-2H3. The zero-order valence-electron chi connectivity index (χ0n) is 12.8. The summed E-state index contributed by atoms with van der Waals surface area (Å²) in [5.41, 5.74) is 0.583. The van der Waals surface area contributed by atoms with Crippen molar-refractivity contribution >= 4 is 5.91 Å². The molecule has 2 aliphatic rings. The number of halogens is 1. The van der Waals surface area contributed by atoms with Crippen molar-refractivity contribution in [2.75, 3.05) is 27.2 Å². The van der Waals surface area contributed by atoms with Crippen LogP contribution in [0, 0.1) is 5.82 Å². The topological polar surface area (TPSA) is 23.6 Å². The van der Waals surface area contributed by atoms with Crippen molar-refractivity contribution in [3.63, 3.8) is 0 Å². The third-order valence-corrected chi connectivity index (χ3v) is 5.11. The first-order chi connectivity index (χ1) is 10.0. The molecule has 1 aliphatic heterocycles. The Balaban J connectivity index is 1.73. The maximum Gasteiger partial charge on any atom is 0.233 e. The molecule has 0 bridgehead atoms. The van der Waals surface area contributed by atoms with Gasteiger partial charge in [-0.05, 0) is 63.5 Å². The van der Waals surface area contributed by atoms with Crippen LogP contribution in [0.4, 0.5) is 4.39 Å². The smallest absolute Gasteiger partial charge is 0.233 e. The number of hydrogen-bond donors (Lipinski definition) is 0. The molecule has 0 spiro atoms. The van der Waals surface area contributed by atoms with Crippen molar-refractivity contribution in [2.24, 2.45) is 0 Å². The van der Waals surface area contributed by atoms with Gasteiger partial charge >= 0.3 is 0 Å². The van der Waals surface area contributed by atoms with Gasteiger partial charge in [-0.2, -0.15) is 0 Å². The molecule has 3 rings (SSSR count). The third kappa shape index (κ3) is 2.69. The Labute approximate surface area is 125 Å². The molecule has 21 heavy (non-hydrogen) atoms. The lowest BCUT2D eigenvalue weighted by molar-refractivity contribution is -0.135. The molecule has 1 heterocycles. The van der Waals surface area contributed by atoms with Crippen molar-refractivity contribution < 1.29 is 9.18 Å².